The van der Waals surface area contributed by atoms with Crippen molar-refractivity contribution >= 4 is 40.9 Å². The molecule has 1 N–H and O–H groups in total. The summed E-state index contributed by atoms with van der Waals surface area (Å²) in [4.78, 5) is 12.4. The number of carbonyl (C=O) groups excluding carboxylic acids is 1. The lowest BCUT2D eigenvalue weighted by Gasteiger charge is -2.13. The van der Waals surface area contributed by atoms with Gasteiger partial charge in [0.25, 0.3) is 0 Å². The van der Waals surface area contributed by atoms with Gasteiger partial charge in [-0.1, -0.05) is 41.0 Å². The van der Waals surface area contributed by atoms with Crippen LogP contribution in [0.4, 0.5) is 0 Å². The first-order valence-corrected chi connectivity index (χ1v) is 10.1. The highest BCUT2D eigenvalue weighted by molar-refractivity contribution is 8.00. The maximum Gasteiger partial charge on any atom is 0.233 e. The summed E-state index contributed by atoms with van der Waals surface area (Å²) in [7, 11) is 0. The number of amides is 1. The van der Waals surface area contributed by atoms with Crippen molar-refractivity contribution in [3.8, 4) is 11.4 Å². The standard InChI is InChI=1S/C19H18Cl2N4O2S/c1-3-8-25-17(15-7-6-13(20)10-16(15)21)23-24-19(25)28-12(2)18(26)22-11-14-5-4-9-27-14/h3-7,9-10,12H,1,8,11H2,2H3,(H,22,26)/t12-/m1/s1. The Labute approximate surface area is 176 Å². The van der Waals surface area contributed by atoms with Crippen LogP contribution in [-0.4, -0.2) is 25.9 Å². The summed E-state index contributed by atoms with van der Waals surface area (Å²) in [5, 5.41) is 12.6. The third kappa shape index (κ3) is 4.79. The number of hydrogen-bond acceptors (Lipinski definition) is 5. The smallest absolute Gasteiger partial charge is 0.233 e. The zero-order valence-electron chi connectivity index (χ0n) is 15.1. The van der Waals surface area contributed by atoms with Gasteiger partial charge in [0.1, 0.15) is 5.76 Å². The van der Waals surface area contributed by atoms with Crippen LogP contribution in [-0.2, 0) is 17.9 Å². The molecule has 28 heavy (non-hydrogen) atoms. The summed E-state index contributed by atoms with van der Waals surface area (Å²) in [5.41, 5.74) is 0.710. The number of benzene rings is 1. The molecule has 0 saturated carbocycles. The molecule has 1 aromatic carbocycles. The van der Waals surface area contributed by atoms with E-state index in [9.17, 15) is 4.79 Å². The lowest BCUT2D eigenvalue weighted by atomic mass is 10.2. The van der Waals surface area contributed by atoms with Gasteiger partial charge in [-0.3, -0.25) is 9.36 Å². The molecule has 2 heterocycles. The molecule has 0 radical (unpaired) electrons. The Morgan fingerprint density at radius 2 is 2.21 bits per heavy atom. The molecule has 0 bridgehead atoms. The molecule has 0 aliphatic carbocycles. The molecule has 6 nitrogen and oxygen atoms in total. The Bertz CT molecular complexity index is 972. The molecule has 0 unspecified atom stereocenters. The highest BCUT2D eigenvalue weighted by Crippen LogP contribution is 2.32. The second-order valence-electron chi connectivity index (χ2n) is 5.89. The van der Waals surface area contributed by atoms with Gasteiger partial charge in [0.15, 0.2) is 11.0 Å². The molecular weight excluding hydrogens is 419 g/mol. The number of furan rings is 1. The van der Waals surface area contributed by atoms with E-state index in [1.165, 1.54) is 11.8 Å². The van der Waals surface area contributed by atoms with Gasteiger partial charge in [-0.2, -0.15) is 0 Å². The predicted molar refractivity (Wildman–Crippen MR) is 112 cm³/mol. The average Bonchev–Trinajstić information content (AvgIpc) is 3.31. The van der Waals surface area contributed by atoms with Gasteiger partial charge < -0.3 is 9.73 Å². The molecule has 1 atom stereocenters. The van der Waals surface area contributed by atoms with E-state index in [0.29, 0.717) is 45.4 Å². The summed E-state index contributed by atoms with van der Waals surface area (Å²) in [6.07, 6.45) is 3.31. The summed E-state index contributed by atoms with van der Waals surface area (Å²) < 4.78 is 7.09. The first kappa shape index (κ1) is 20.5. The van der Waals surface area contributed by atoms with E-state index >= 15 is 0 Å². The molecular formula is C19H18Cl2N4O2S. The molecule has 0 fully saturated rings. The van der Waals surface area contributed by atoms with Gasteiger partial charge in [0, 0.05) is 17.1 Å². The Morgan fingerprint density at radius 1 is 1.39 bits per heavy atom. The molecule has 0 spiro atoms. The number of nitrogens with one attached hydrogen (secondary N) is 1. The second kappa shape index (κ2) is 9.32. The molecule has 3 aromatic rings. The minimum absolute atomic E-state index is 0.124. The van der Waals surface area contributed by atoms with Crippen LogP contribution >= 0.6 is 35.0 Å². The summed E-state index contributed by atoms with van der Waals surface area (Å²) in [6.45, 7) is 6.41. The van der Waals surface area contributed by atoms with Gasteiger partial charge in [0.2, 0.25) is 5.91 Å². The first-order chi connectivity index (χ1) is 13.5. The number of aromatic nitrogens is 3. The largest absolute Gasteiger partial charge is 0.467 e. The van der Waals surface area contributed by atoms with Crippen molar-refractivity contribution in [1.82, 2.24) is 20.1 Å². The van der Waals surface area contributed by atoms with Crippen molar-refractivity contribution in [2.75, 3.05) is 0 Å². The van der Waals surface area contributed by atoms with Gasteiger partial charge in [-0.25, -0.2) is 0 Å². The third-order valence-corrected chi connectivity index (χ3v) is 5.50. The fraction of sp³-hybridized carbons (Fsp3) is 0.211. The molecule has 0 saturated heterocycles. The fourth-order valence-corrected chi connectivity index (χ4v) is 3.86. The Hall–Kier alpha value is -2.22. The summed E-state index contributed by atoms with van der Waals surface area (Å²) >= 11 is 13.6. The van der Waals surface area contributed by atoms with Gasteiger partial charge in [-0.15, -0.1) is 16.8 Å². The topological polar surface area (TPSA) is 73.0 Å². The van der Waals surface area contributed by atoms with E-state index in [0.717, 1.165) is 0 Å². The molecule has 0 aliphatic rings. The number of halogens is 2. The third-order valence-electron chi connectivity index (χ3n) is 3.87. The van der Waals surface area contributed by atoms with Crippen molar-refractivity contribution in [1.29, 1.82) is 0 Å². The normalized spacial score (nSPS) is 12.0. The average molecular weight is 437 g/mol. The number of rotatable bonds is 8. The molecule has 0 aliphatic heterocycles. The van der Waals surface area contributed by atoms with Crippen LogP contribution in [0.15, 0.2) is 58.8 Å². The van der Waals surface area contributed by atoms with Crippen molar-refractivity contribution in [2.24, 2.45) is 0 Å². The first-order valence-electron chi connectivity index (χ1n) is 8.46. The molecule has 9 heteroatoms. The predicted octanol–water partition coefficient (Wildman–Crippen LogP) is 4.83. The van der Waals surface area contributed by atoms with Gasteiger partial charge in [-0.05, 0) is 37.3 Å². The quantitative estimate of drug-likeness (QED) is 0.404. The van der Waals surface area contributed by atoms with Crippen molar-refractivity contribution < 1.29 is 9.21 Å². The summed E-state index contributed by atoms with van der Waals surface area (Å²) in [6, 6.07) is 8.78. The lowest BCUT2D eigenvalue weighted by Crippen LogP contribution is -2.30. The van der Waals surface area contributed by atoms with Crippen LogP contribution in [0.25, 0.3) is 11.4 Å². The SMILES string of the molecule is C=CCn1c(S[C@H](C)C(=O)NCc2ccco2)nnc1-c1ccc(Cl)cc1Cl. The van der Waals surface area contributed by atoms with Crippen molar-refractivity contribution in [3.05, 3.63) is 65.1 Å². The second-order valence-corrected chi connectivity index (χ2v) is 8.04. The van der Waals surface area contributed by atoms with E-state index in [1.807, 2.05) is 11.5 Å². The Morgan fingerprint density at radius 3 is 2.89 bits per heavy atom. The molecule has 1 amide bonds. The van der Waals surface area contributed by atoms with Crippen LogP contribution in [0.5, 0.6) is 0 Å². The fourth-order valence-electron chi connectivity index (χ4n) is 2.48. The van der Waals surface area contributed by atoms with E-state index in [-0.39, 0.29) is 11.2 Å². The molecule has 2 aromatic heterocycles. The molecule has 3 rings (SSSR count). The van der Waals surface area contributed by atoms with E-state index < -0.39 is 0 Å². The molecule has 146 valence electrons. The van der Waals surface area contributed by atoms with Crippen LogP contribution in [0.3, 0.4) is 0 Å². The number of nitrogens with zero attached hydrogens (tertiary/aromatic N) is 3. The van der Waals surface area contributed by atoms with Crippen LogP contribution in [0, 0.1) is 0 Å². The number of hydrogen-bond donors (Lipinski definition) is 1. The minimum atomic E-state index is -0.378. The zero-order valence-corrected chi connectivity index (χ0v) is 17.4. The highest BCUT2D eigenvalue weighted by atomic mass is 35.5. The van der Waals surface area contributed by atoms with Crippen molar-refractivity contribution in [3.63, 3.8) is 0 Å². The maximum absolute atomic E-state index is 12.4. The minimum Gasteiger partial charge on any atom is -0.467 e. The highest BCUT2D eigenvalue weighted by Gasteiger charge is 2.21. The van der Waals surface area contributed by atoms with E-state index in [1.54, 1.807) is 42.7 Å². The van der Waals surface area contributed by atoms with Gasteiger partial charge >= 0.3 is 0 Å². The van der Waals surface area contributed by atoms with Crippen molar-refractivity contribution in [2.45, 2.75) is 30.4 Å². The maximum atomic E-state index is 12.4. The van der Waals surface area contributed by atoms with Gasteiger partial charge in [0.05, 0.1) is 23.1 Å². The number of allylic oxidation sites excluding steroid dienone is 1. The van der Waals surface area contributed by atoms with E-state index in [2.05, 4.69) is 22.1 Å². The summed E-state index contributed by atoms with van der Waals surface area (Å²) in [5.74, 6) is 1.16. The number of carbonyl (C=O) groups is 1. The zero-order chi connectivity index (χ0) is 20.1. The Kier molecular flexibility index (Phi) is 6.83. The monoisotopic (exact) mass is 436 g/mol. The van der Waals surface area contributed by atoms with Crippen LogP contribution < -0.4 is 5.32 Å². The lowest BCUT2D eigenvalue weighted by molar-refractivity contribution is -0.120. The van der Waals surface area contributed by atoms with Crippen LogP contribution in [0.1, 0.15) is 12.7 Å². The van der Waals surface area contributed by atoms with Crippen LogP contribution in [0.2, 0.25) is 10.0 Å². The Balaban J connectivity index is 1.77. The van der Waals surface area contributed by atoms with E-state index in [4.69, 9.17) is 27.6 Å². The number of thioether (sulfide) groups is 1.